The molecule has 0 aliphatic carbocycles. The number of anilines is 1. The van der Waals surface area contributed by atoms with Crippen LogP contribution in [0, 0.1) is 6.92 Å². The van der Waals surface area contributed by atoms with Crippen molar-refractivity contribution >= 4 is 55.0 Å². The van der Waals surface area contributed by atoms with Gasteiger partial charge in [0.1, 0.15) is 15.7 Å². The maximum atomic E-state index is 12.6. The van der Waals surface area contributed by atoms with E-state index < -0.39 is 9.84 Å². The predicted octanol–water partition coefficient (Wildman–Crippen LogP) is 3.37. The summed E-state index contributed by atoms with van der Waals surface area (Å²) in [6.45, 7) is 3.67. The van der Waals surface area contributed by atoms with Gasteiger partial charge in [0, 0.05) is 66.5 Å². The van der Waals surface area contributed by atoms with Gasteiger partial charge in [0.15, 0.2) is 0 Å². The highest BCUT2D eigenvalue weighted by Gasteiger charge is 2.14. The summed E-state index contributed by atoms with van der Waals surface area (Å²) in [5.41, 5.74) is 2.97. The number of hydrogen-bond acceptors (Lipinski definition) is 7. The van der Waals surface area contributed by atoms with E-state index in [1.807, 2.05) is 25.2 Å². The van der Waals surface area contributed by atoms with E-state index in [0.717, 1.165) is 29.5 Å². The topological polar surface area (TPSA) is 108 Å². The number of nitrogens with one attached hydrogen (secondary N) is 2. The van der Waals surface area contributed by atoms with Crippen molar-refractivity contribution in [3.8, 4) is 0 Å². The third-order valence-electron chi connectivity index (χ3n) is 5.23. The Morgan fingerprint density at radius 2 is 1.94 bits per heavy atom. The highest BCUT2D eigenvalue weighted by Crippen LogP contribution is 2.31. The molecule has 0 unspecified atom stereocenters. The van der Waals surface area contributed by atoms with Crippen molar-refractivity contribution in [1.29, 1.82) is 0 Å². The third-order valence-corrected chi connectivity index (χ3v) is 6.48. The van der Waals surface area contributed by atoms with E-state index in [-0.39, 0.29) is 11.8 Å². The number of aryl methyl sites for hydroxylation is 1. The second-order valence-electron chi connectivity index (χ2n) is 8.55. The van der Waals surface area contributed by atoms with Crippen LogP contribution in [0.5, 0.6) is 0 Å². The number of pyridine rings is 1. The van der Waals surface area contributed by atoms with Gasteiger partial charge < -0.3 is 15.5 Å². The number of thiophene rings is 1. The summed E-state index contributed by atoms with van der Waals surface area (Å²) in [6.07, 6.45) is 7.82. The van der Waals surface area contributed by atoms with Crippen molar-refractivity contribution in [1.82, 2.24) is 15.2 Å². The number of aromatic nitrogens is 1. The second kappa shape index (κ2) is 11.5. The first kappa shape index (κ1) is 26.4. The molecule has 0 radical (unpaired) electrons. The summed E-state index contributed by atoms with van der Waals surface area (Å²) in [5.74, 6) is 0.725. The maximum absolute atomic E-state index is 12.6. The number of sulfone groups is 1. The number of hydrogen-bond donors (Lipinski definition) is 2. The highest BCUT2D eigenvalue weighted by molar-refractivity contribution is 7.89. The highest BCUT2D eigenvalue weighted by atomic mass is 32.2. The fourth-order valence-corrected chi connectivity index (χ4v) is 4.72. The largest absolute Gasteiger partial charge is 0.369 e. The van der Waals surface area contributed by atoms with Crippen molar-refractivity contribution in [2.75, 3.05) is 31.4 Å². The molecule has 0 saturated carbocycles. The number of nitrogens with zero attached hydrogens (tertiary/aromatic N) is 2. The molecule has 10 heteroatoms. The van der Waals surface area contributed by atoms with E-state index in [9.17, 15) is 18.0 Å². The average Bonchev–Trinajstić information content (AvgIpc) is 3.09. The molecule has 0 atom stereocenters. The fourth-order valence-electron chi connectivity index (χ4n) is 3.45. The summed E-state index contributed by atoms with van der Waals surface area (Å²) in [4.78, 5) is 31.6. The number of likely N-dealkylation sites (N-methyl/N-ethyl adjacent to an activating group) is 1. The molecule has 0 saturated heterocycles. The molecule has 4 rings (SSSR count). The molecular weight excluding hydrogens is 484 g/mol. The van der Waals surface area contributed by atoms with Crippen LogP contribution in [0.15, 0.2) is 42.6 Å². The monoisotopic (exact) mass is 514 g/mol. The minimum atomic E-state index is -2.67. The van der Waals surface area contributed by atoms with Crippen LogP contribution in [-0.4, -0.2) is 56.2 Å². The summed E-state index contributed by atoms with van der Waals surface area (Å²) >= 11 is 1.73. The molecule has 0 bridgehead atoms. The van der Waals surface area contributed by atoms with Crippen LogP contribution in [0.2, 0.25) is 0 Å². The van der Waals surface area contributed by atoms with E-state index in [1.165, 1.54) is 20.5 Å². The first-order valence-electron chi connectivity index (χ1n) is 11.1. The quantitative estimate of drug-likeness (QED) is 0.517. The van der Waals surface area contributed by atoms with Gasteiger partial charge in [-0.1, -0.05) is 18.2 Å². The Labute approximate surface area is 210 Å². The Bertz CT molecular complexity index is 1360. The SMILES string of the molecule is CS(C)(=O)=O.Cc1c(CN(C)C(=O)/C=C/c2cnc3c(c2)CNC(=O)CCN3)sc2ccccc12. The van der Waals surface area contributed by atoms with Crippen LogP contribution in [-0.2, 0) is 32.5 Å². The molecule has 8 nitrogen and oxygen atoms in total. The minimum Gasteiger partial charge on any atom is -0.369 e. The number of benzene rings is 1. The lowest BCUT2D eigenvalue weighted by molar-refractivity contribution is -0.125. The molecule has 2 amide bonds. The Hall–Kier alpha value is -3.24. The van der Waals surface area contributed by atoms with Gasteiger partial charge in [-0.05, 0) is 41.6 Å². The summed E-state index contributed by atoms with van der Waals surface area (Å²) in [6, 6.07) is 10.3. The molecule has 0 fully saturated rings. The number of carbonyl (C=O) groups excluding carboxylic acids is 2. The molecule has 1 aromatic carbocycles. The standard InChI is InChI=1S/C23H24N4O2S.C2H6O2S/c1-15-18-5-3-4-6-19(18)30-20(15)14-27(2)22(29)8-7-16-11-17-13-25-21(28)9-10-24-23(17)26-12-16;1-5(2,3)4/h3-8,11-12H,9-10,13-14H2,1-2H3,(H,24,26)(H,25,28);1-2H3/b8-7+;. The zero-order valence-electron chi connectivity index (χ0n) is 20.3. The Balaban J connectivity index is 0.000000623. The van der Waals surface area contributed by atoms with Gasteiger partial charge >= 0.3 is 0 Å². The van der Waals surface area contributed by atoms with Crippen molar-refractivity contribution in [3.05, 3.63) is 64.2 Å². The smallest absolute Gasteiger partial charge is 0.246 e. The Kier molecular flexibility index (Phi) is 8.63. The molecule has 3 heterocycles. The van der Waals surface area contributed by atoms with Gasteiger partial charge in [-0.2, -0.15) is 0 Å². The molecular formula is C25H30N4O4S2. The van der Waals surface area contributed by atoms with Crippen molar-refractivity contribution < 1.29 is 18.0 Å². The number of rotatable bonds is 4. The van der Waals surface area contributed by atoms with E-state index in [1.54, 1.807) is 34.6 Å². The number of carbonyl (C=O) groups is 2. The maximum Gasteiger partial charge on any atom is 0.246 e. The first-order chi connectivity index (χ1) is 16.5. The van der Waals surface area contributed by atoms with Crippen LogP contribution in [0.25, 0.3) is 16.2 Å². The average molecular weight is 515 g/mol. The van der Waals surface area contributed by atoms with Crippen LogP contribution in [0.1, 0.15) is 28.0 Å². The lowest BCUT2D eigenvalue weighted by Crippen LogP contribution is -2.28. The molecule has 1 aliphatic rings. The Morgan fingerprint density at radius 3 is 2.66 bits per heavy atom. The summed E-state index contributed by atoms with van der Waals surface area (Å²) in [5, 5.41) is 7.31. The van der Waals surface area contributed by atoms with Gasteiger partial charge in [-0.15, -0.1) is 11.3 Å². The number of fused-ring (bicyclic) bond motifs is 2. The zero-order valence-corrected chi connectivity index (χ0v) is 21.9. The van der Waals surface area contributed by atoms with Crippen LogP contribution in [0.4, 0.5) is 5.82 Å². The zero-order chi connectivity index (χ0) is 25.6. The van der Waals surface area contributed by atoms with Crippen molar-refractivity contribution in [2.24, 2.45) is 0 Å². The van der Waals surface area contributed by atoms with Gasteiger partial charge in [-0.3, -0.25) is 9.59 Å². The summed E-state index contributed by atoms with van der Waals surface area (Å²) in [7, 11) is -0.852. The Morgan fingerprint density at radius 1 is 1.23 bits per heavy atom. The lowest BCUT2D eigenvalue weighted by Gasteiger charge is -2.16. The van der Waals surface area contributed by atoms with Crippen LogP contribution < -0.4 is 10.6 Å². The van der Waals surface area contributed by atoms with Crippen molar-refractivity contribution in [3.63, 3.8) is 0 Å². The second-order valence-corrected chi connectivity index (χ2v) is 12.0. The molecule has 2 N–H and O–H groups in total. The molecule has 1 aliphatic heterocycles. The molecule has 2 aromatic heterocycles. The number of amides is 2. The van der Waals surface area contributed by atoms with E-state index >= 15 is 0 Å². The molecule has 0 spiro atoms. The fraction of sp³-hybridized carbons (Fsp3) is 0.320. The van der Waals surface area contributed by atoms with Gasteiger partial charge in [0.2, 0.25) is 11.8 Å². The molecule has 35 heavy (non-hydrogen) atoms. The first-order valence-corrected chi connectivity index (χ1v) is 14.2. The van der Waals surface area contributed by atoms with E-state index in [2.05, 4.69) is 34.7 Å². The minimum absolute atomic E-state index is 0.0161. The van der Waals surface area contributed by atoms with Crippen molar-refractivity contribution in [2.45, 2.75) is 26.4 Å². The molecule has 186 valence electrons. The van der Waals surface area contributed by atoms with E-state index in [0.29, 0.717) is 26.1 Å². The van der Waals surface area contributed by atoms with Gasteiger partial charge in [-0.25, -0.2) is 13.4 Å². The van der Waals surface area contributed by atoms with E-state index in [4.69, 9.17) is 0 Å². The molecule has 3 aromatic rings. The predicted molar refractivity (Wildman–Crippen MR) is 142 cm³/mol. The van der Waals surface area contributed by atoms with Crippen LogP contribution in [0.3, 0.4) is 0 Å². The lowest BCUT2D eigenvalue weighted by atomic mass is 10.1. The normalized spacial score (nSPS) is 13.7. The van der Waals surface area contributed by atoms with Gasteiger partial charge in [0.05, 0.1) is 6.54 Å². The summed E-state index contributed by atoms with van der Waals surface area (Å²) < 4.78 is 20.5. The van der Waals surface area contributed by atoms with Gasteiger partial charge in [0.25, 0.3) is 0 Å². The van der Waals surface area contributed by atoms with Crippen LogP contribution >= 0.6 is 11.3 Å². The third kappa shape index (κ3) is 7.90.